The monoisotopic (exact) mass is 812 g/mol. The Balaban J connectivity index is -0.0000000951. The van der Waals surface area contributed by atoms with Crippen LogP contribution in [-0.4, -0.2) is 69.4 Å². The average Bonchev–Trinajstić information content (AvgIpc) is 3.83. The number of halogens is 4. The zero-order valence-corrected chi connectivity index (χ0v) is 33.1. The van der Waals surface area contributed by atoms with E-state index in [1.807, 2.05) is 16.1 Å². The fourth-order valence-corrected chi connectivity index (χ4v) is 4.09. The second kappa shape index (κ2) is 43.8. The van der Waals surface area contributed by atoms with Crippen molar-refractivity contribution in [1.82, 2.24) is 19.9 Å². The molecule has 0 unspecified atom stereocenters. The first-order valence-corrected chi connectivity index (χ1v) is 18.4. The van der Waals surface area contributed by atoms with Gasteiger partial charge in [0.25, 0.3) is 0 Å². The van der Waals surface area contributed by atoms with Gasteiger partial charge in [-0.1, -0.05) is 13.8 Å². The van der Waals surface area contributed by atoms with Gasteiger partial charge in [0.15, 0.2) is 15.2 Å². The van der Waals surface area contributed by atoms with E-state index in [0.717, 1.165) is 40.5 Å². The molecule has 0 aliphatic carbocycles. The van der Waals surface area contributed by atoms with Crippen LogP contribution in [0.15, 0.2) is 50.2 Å². The third-order valence-electron chi connectivity index (χ3n) is 3.00. The molecule has 0 spiro atoms. The van der Waals surface area contributed by atoms with Crippen LogP contribution in [0, 0.1) is 0 Å². The topological polar surface area (TPSA) is 135 Å². The number of carbonyl (C=O) groups is 1. The number of hydrogen-bond donors (Lipinski definition) is 2. The number of aliphatic hydroxyl groups is 2. The van der Waals surface area contributed by atoms with E-state index in [1.54, 1.807) is 59.8 Å². The molecule has 4 aromatic rings. The number of rotatable bonds is 3. The zero-order valence-electron chi connectivity index (χ0n) is 25.2. The van der Waals surface area contributed by atoms with Gasteiger partial charge < -0.3 is 16.4 Å². The summed E-state index contributed by atoms with van der Waals surface area (Å²) in [6, 6.07) is 0. The Bertz CT molecular complexity index is 980. The van der Waals surface area contributed by atoms with E-state index in [9.17, 15) is 4.79 Å². The Kier molecular flexibility index (Phi) is 51.6. The first kappa shape index (κ1) is 49.5. The summed E-state index contributed by atoms with van der Waals surface area (Å²) >= 11 is 14.6. The van der Waals surface area contributed by atoms with Crippen LogP contribution < -0.4 is 29.6 Å². The predicted molar refractivity (Wildman–Crippen MR) is 183 cm³/mol. The van der Waals surface area contributed by atoms with Crippen molar-refractivity contribution < 1.29 is 56.3 Å². The molecule has 0 bridgehead atoms. The molecule has 2 N–H and O–H groups in total. The largest absolute Gasteiger partial charge is 1.00 e. The van der Waals surface area contributed by atoms with Crippen LogP contribution in [0.2, 0.25) is 0 Å². The zero-order chi connectivity index (χ0) is 31.6. The number of carbonyl (C=O) groups excluding carboxylic acids is 1. The number of ether oxygens (including phenoxy) is 1. The first-order valence-electron chi connectivity index (χ1n) is 11.4. The smallest absolute Gasteiger partial charge is 1.00 e. The van der Waals surface area contributed by atoms with Crippen LogP contribution >= 0.6 is 94.2 Å². The van der Waals surface area contributed by atoms with Crippen molar-refractivity contribution in [3.63, 3.8) is 0 Å². The fraction of sp³-hybridized carbons (Fsp3) is 0.409. The quantitative estimate of drug-likeness (QED) is 0.132. The maximum atomic E-state index is 9.82. The molecule has 4 aromatic heterocycles. The Morgan fingerprint density at radius 2 is 1.43 bits per heavy atom. The summed E-state index contributed by atoms with van der Waals surface area (Å²) in [5.41, 5.74) is 0. The van der Waals surface area contributed by atoms with E-state index >= 15 is 0 Å². The molecule has 5 heterocycles. The molecule has 3 radical (unpaired) electrons. The van der Waals surface area contributed by atoms with Crippen molar-refractivity contribution in [2.75, 3.05) is 20.3 Å². The van der Waals surface area contributed by atoms with Crippen LogP contribution in [-0.2, 0) is 26.5 Å². The van der Waals surface area contributed by atoms with Gasteiger partial charge in [-0.15, -0.1) is 56.9 Å². The van der Waals surface area contributed by atoms with Crippen molar-refractivity contribution >= 4 is 118 Å². The summed E-state index contributed by atoms with van der Waals surface area (Å²) in [5.74, 6) is 0.539. The van der Waals surface area contributed by atoms with Gasteiger partial charge in [-0.25, -0.2) is 24.1 Å². The van der Waals surface area contributed by atoms with Crippen LogP contribution in [0.5, 0.6) is 0 Å². The van der Waals surface area contributed by atoms with E-state index in [1.165, 1.54) is 35.5 Å². The first-order chi connectivity index (χ1) is 19.8. The van der Waals surface area contributed by atoms with Crippen molar-refractivity contribution in [2.45, 2.75) is 39.2 Å². The Hall–Kier alpha value is 0.635. The molecular formula is C22H33BBrCl3N4NaO5S5. The average molecular weight is 815 g/mol. The van der Waals surface area contributed by atoms with Crippen LogP contribution in [0.3, 0.4) is 0 Å². The van der Waals surface area contributed by atoms with Crippen LogP contribution in [0.25, 0.3) is 0 Å². The second-order valence-electron chi connectivity index (χ2n) is 5.42. The van der Waals surface area contributed by atoms with Crippen molar-refractivity contribution in [2.24, 2.45) is 0 Å². The van der Waals surface area contributed by atoms with Crippen LogP contribution in [0.1, 0.15) is 49.3 Å². The van der Waals surface area contributed by atoms with E-state index in [4.69, 9.17) is 32.1 Å². The number of aromatic nitrogens is 4. The second-order valence-corrected chi connectivity index (χ2v) is 13.3. The number of aliphatic hydroxyl groups excluding tert-OH is 2. The molecule has 1 saturated heterocycles. The Morgan fingerprint density at radius 3 is 1.60 bits per heavy atom. The molecule has 1 fully saturated rings. The SMILES string of the molecule is Brc1nccs1.C1CCOC1.CO.ClCc1nccs1.O=Cc1nccs1.O=S(Cl)Cl.OCc1nccs1.[2H]CC.[B].[H-].[Na+]. The van der Waals surface area contributed by atoms with Gasteiger partial charge in [0, 0.05) is 97.8 Å². The van der Waals surface area contributed by atoms with Gasteiger partial charge >= 0.3 is 29.6 Å². The van der Waals surface area contributed by atoms with Gasteiger partial charge in [0.2, 0.25) is 9.23 Å². The maximum Gasteiger partial charge on any atom is 1.00 e. The minimum absolute atomic E-state index is 0. The third kappa shape index (κ3) is 40.6. The van der Waals surface area contributed by atoms with E-state index in [-0.39, 0.29) is 46.0 Å². The normalized spacial score (nSPS) is 10.1. The molecule has 0 saturated carbocycles. The molecule has 9 nitrogen and oxygen atoms in total. The van der Waals surface area contributed by atoms with E-state index in [2.05, 4.69) is 57.2 Å². The summed E-state index contributed by atoms with van der Waals surface area (Å²) in [6.07, 6.45) is 10.1. The van der Waals surface area contributed by atoms with Gasteiger partial charge in [0.1, 0.15) is 10.0 Å². The Morgan fingerprint density at radius 1 is 1.00 bits per heavy atom. The van der Waals surface area contributed by atoms with Gasteiger partial charge in [-0.2, -0.15) is 0 Å². The molecule has 0 aromatic carbocycles. The molecule has 5 rings (SSSR count). The van der Waals surface area contributed by atoms with Gasteiger partial charge in [-0.05, 0) is 28.8 Å². The molecule has 1 aliphatic rings. The summed E-state index contributed by atoms with van der Waals surface area (Å²) in [4.78, 5) is 25.1. The summed E-state index contributed by atoms with van der Waals surface area (Å²) in [7, 11) is 8.36. The third-order valence-corrected chi connectivity index (χ3v) is 6.98. The maximum absolute atomic E-state index is 9.82. The van der Waals surface area contributed by atoms with Crippen LogP contribution in [0.4, 0.5) is 0 Å². The van der Waals surface area contributed by atoms with Crippen molar-refractivity contribution in [3.05, 3.63) is 65.2 Å². The molecule has 0 amide bonds. The number of aldehydes is 1. The number of alkyl halides is 1. The molecule has 1 aliphatic heterocycles. The van der Waals surface area contributed by atoms with Crippen molar-refractivity contribution in [3.8, 4) is 0 Å². The van der Waals surface area contributed by atoms with Gasteiger partial charge in [-0.3, -0.25) is 4.79 Å². The molecular weight excluding hydrogens is 781 g/mol. The van der Waals surface area contributed by atoms with Gasteiger partial charge in [0.05, 0.1) is 12.5 Å². The number of thiazole rings is 4. The molecule has 42 heavy (non-hydrogen) atoms. The summed E-state index contributed by atoms with van der Waals surface area (Å²) in [6.45, 7) is 4.36. The number of hydrogen-bond acceptors (Lipinski definition) is 13. The molecule has 233 valence electrons. The standard InChI is InChI=1S/C4H4ClNS.C4H5NOS.C4H3NOS.C4H8O.C3H2BrNS.C2H6.CH4O.B.Cl2OS.Na.H/c5-3-4-6-1-2-7-4;2*6-3-4-5-1-2-7-4;1-2-4-5-3-1;4-3-5-1-2-6-3;2*1-2;;1-4(2)3;;/h1-2H,3H2;1-2,6H,3H2;1-3H;1-4H2;1-2H;1-2H3;2H,1H3;;;;/q;;;;;;;;;+1;-1/i;;;;;1D;;;;;. The number of nitrogens with zero attached hydrogens (tertiary/aromatic N) is 4. The molecule has 0 atom stereocenters. The molecule has 20 heteroatoms. The van der Waals surface area contributed by atoms with E-state index < -0.39 is 9.23 Å². The minimum Gasteiger partial charge on any atom is -1.00 e. The van der Waals surface area contributed by atoms with Crippen molar-refractivity contribution in [1.29, 1.82) is 0 Å². The summed E-state index contributed by atoms with van der Waals surface area (Å²) in [5, 5.41) is 25.1. The fourth-order valence-electron chi connectivity index (χ4n) is 1.66. The van der Waals surface area contributed by atoms with E-state index in [0.29, 0.717) is 17.8 Å². The summed E-state index contributed by atoms with van der Waals surface area (Å²) < 4.78 is 21.2. The predicted octanol–water partition coefficient (Wildman–Crippen LogP) is 4.59. The Labute approximate surface area is 315 Å². The minimum atomic E-state index is -1.67.